The molecule has 0 radical (unpaired) electrons. The van der Waals surface area contributed by atoms with Crippen LogP contribution in [0.3, 0.4) is 0 Å². The lowest BCUT2D eigenvalue weighted by molar-refractivity contribution is -0.927. The Morgan fingerprint density at radius 2 is 0.974 bits per heavy atom. The first kappa shape index (κ1) is 37.8. The number of halogens is 2. The predicted octanol–water partition coefficient (Wildman–Crippen LogP) is 8.29. The van der Waals surface area contributed by atoms with Crippen molar-refractivity contribution in [3.8, 4) is 12.3 Å². The van der Waals surface area contributed by atoms with Gasteiger partial charge in [0.2, 0.25) is 4.05 Å². The Kier molecular flexibility index (Phi) is 26.8. The van der Waals surface area contributed by atoms with Crippen molar-refractivity contribution in [2.75, 3.05) is 19.6 Å². The van der Waals surface area contributed by atoms with Gasteiger partial charge in [-0.2, -0.15) is 0 Å². The monoisotopic (exact) mass is 657 g/mol. The molecule has 38 heavy (non-hydrogen) atoms. The topological polar surface area (TPSA) is 0 Å². The van der Waals surface area contributed by atoms with Crippen LogP contribution in [0.15, 0.2) is 30.3 Å². The molecule has 0 bridgehead atoms. The second-order valence-corrected chi connectivity index (χ2v) is 12.7. The molecule has 0 N–H and O–H groups in total. The lowest BCUT2D eigenvalue weighted by Crippen LogP contribution is -3.00. The van der Waals surface area contributed by atoms with Crippen molar-refractivity contribution in [2.45, 2.75) is 153 Å². The molecule has 0 saturated carbocycles. The molecular weight excluding hydrogens is 597 g/mol. The highest BCUT2D eigenvalue weighted by Gasteiger charge is 2.33. The van der Waals surface area contributed by atoms with E-state index < -0.39 is 0 Å². The molecule has 0 aliphatic heterocycles. The van der Waals surface area contributed by atoms with Gasteiger partial charge in [0, 0.05) is 29.0 Å². The smallest absolute Gasteiger partial charge is 0.200 e. The van der Waals surface area contributed by atoms with Gasteiger partial charge in [0.1, 0.15) is 0 Å². The molecule has 1 aromatic carbocycles. The zero-order chi connectivity index (χ0) is 26.9. The number of alkyl halides is 1. The van der Waals surface area contributed by atoms with Crippen LogP contribution in [-0.4, -0.2) is 28.2 Å². The van der Waals surface area contributed by atoms with Gasteiger partial charge in [-0.25, -0.2) is 0 Å². The van der Waals surface area contributed by atoms with Crippen LogP contribution < -0.4 is 12.4 Å². The van der Waals surface area contributed by atoms with E-state index in [1.807, 2.05) is 0 Å². The molecule has 1 nitrogen and oxygen atoms in total. The van der Waals surface area contributed by atoms with E-state index in [1.165, 1.54) is 154 Å². The van der Waals surface area contributed by atoms with Gasteiger partial charge < -0.3 is 16.9 Å². The summed E-state index contributed by atoms with van der Waals surface area (Å²) in [7, 11) is 0. The Morgan fingerprint density at radius 3 is 1.34 bits per heavy atom. The van der Waals surface area contributed by atoms with Crippen molar-refractivity contribution >= 4 is 22.6 Å². The first-order valence-electron chi connectivity index (χ1n) is 16.2. The van der Waals surface area contributed by atoms with E-state index in [0.717, 1.165) is 10.9 Å². The molecule has 0 aromatic heterocycles. The summed E-state index contributed by atoms with van der Waals surface area (Å²) in [5.74, 6) is 3.17. The molecule has 1 atom stereocenters. The third-order valence-electron chi connectivity index (χ3n) is 8.22. The Balaban J connectivity index is 0.0000137. The second-order valence-electron chi connectivity index (χ2n) is 11.5. The van der Waals surface area contributed by atoms with Crippen LogP contribution in [0.25, 0.3) is 0 Å². The fourth-order valence-electron chi connectivity index (χ4n) is 5.66. The summed E-state index contributed by atoms with van der Waals surface area (Å²) >= 11 is 2.58. The number of terminal acetylenes is 1. The van der Waals surface area contributed by atoms with E-state index >= 15 is 0 Å². The van der Waals surface area contributed by atoms with Crippen LogP contribution in [0.4, 0.5) is 0 Å². The summed E-state index contributed by atoms with van der Waals surface area (Å²) in [4.78, 5) is 0. The van der Waals surface area contributed by atoms with Gasteiger partial charge in [-0.15, -0.1) is 6.42 Å². The van der Waals surface area contributed by atoms with Crippen molar-refractivity contribution in [1.82, 2.24) is 0 Å². The molecule has 1 unspecified atom stereocenters. The summed E-state index contributed by atoms with van der Waals surface area (Å²) in [5.41, 5.74) is 1.46. The van der Waals surface area contributed by atoms with E-state index in [-0.39, 0.29) is 16.5 Å². The molecule has 0 aliphatic rings. The minimum Gasteiger partial charge on any atom is -1.00 e. The Morgan fingerprint density at radius 1 is 0.605 bits per heavy atom. The summed E-state index contributed by atoms with van der Waals surface area (Å²) in [6.07, 6.45) is 35.2. The van der Waals surface area contributed by atoms with Gasteiger partial charge >= 0.3 is 0 Å². The normalized spacial score (nSPS) is 12.2. The van der Waals surface area contributed by atoms with Crippen LogP contribution in [0.2, 0.25) is 0 Å². The van der Waals surface area contributed by atoms with Gasteiger partial charge in [0.05, 0.1) is 19.6 Å². The minimum absolute atomic E-state index is 0. The van der Waals surface area contributed by atoms with Crippen molar-refractivity contribution < 1.29 is 16.9 Å². The average Bonchev–Trinajstić information content (AvgIpc) is 2.93. The zero-order valence-electron chi connectivity index (χ0n) is 25.2. The Hall–Kier alpha value is -0.240. The average molecular weight is 658 g/mol. The second kappa shape index (κ2) is 27.0. The van der Waals surface area contributed by atoms with Crippen LogP contribution in [0.5, 0.6) is 0 Å². The highest BCUT2D eigenvalue weighted by atomic mass is 127. The maximum atomic E-state index is 6.09. The molecule has 1 rings (SSSR count). The molecule has 0 fully saturated rings. The third-order valence-corrected chi connectivity index (χ3v) is 9.76. The minimum atomic E-state index is 0. The lowest BCUT2D eigenvalue weighted by atomic mass is 10.0. The molecule has 0 heterocycles. The summed E-state index contributed by atoms with van der Waals surface area (Å²) in [6, 6.07) is 11.1. The van der Waals surface area contributed by atoms with Crippen molar-refractivity contribution in [1.29, 1.82) is 0 Å². The third kappa shape index (κ3) is 18.9. The van der Waals surface area contributed by atoms with Gasteiger partial charge in [-0.1, -0.05) is 147 Å². The fraction of sp³-hybridized carbons (Fsp3) is 0.771. The van der Waals surface area contributed by atoms with Gasteiger partial charge in [0.25, 0.3) is 0 Å². The molecule has 0 aliphatic carbocycles. The zero-order valence-corrected chi connectivity index (χ0v) is 28.1. The number of unbranched alkanes of at least 4 members (excludes halogenated alkanes) is 18. The maximum absolute atomic E-state index is 6.09. The van der Waals surface area contributed by atoms with Crippen molar-refractivity contribution in [2.24, 2.45) is 0 Å². The van der Waals surface area contributed by atoms with E-state index in [9.17, 15) is 0 Å². The van der Waals surface area contributed by atoms with E-state index in [2.05, 4.69) is 72.7 Å². The van der Waals surface area contributed by atoms with Gasteiger partial charge in [-0.3, -0.25) is 0 Å². The highest BCUT2D eigenvalue weighted by molar-refractivity contribution is 14.1. The van der Waals surface area contributed by atoms with Crippen LogP contribution in [0, 0.1) is 12.3 Å². The lowest BCUT2D eigenvalue weighted by Gasteiger charge is -2.41. The van der Waals surface area contributed by atoms with E-state index in [1.54, 1.807) is 0 Å². The highest BCUT2D eigenvalue weighted by Crippen LogP contribution is 2.25. The molecule has 0 saturated heterocycles. The maximum Gasteiger partial charge on any atom is 0.200 e. The van der Waals surface area contributed by atoms with Crippen LogP contribution in [0.1, 0.15) is 148 Å². The number of hydrogen-bond acceptors (Lipinski definition) is 0. The molecule has 1 aromatic rings. The quantitative estimate of drug-likeness (QED) is 0.0235. The van der Waals surface area contributed by atoms with Crippen LogP contribution >= 0.6 is 22.6 Å². The first-order chi connectivity index (χ1) is 18.2. The standard InChI is InChI=1S/C35H61IN.ClH/c1-4-7-9-11-13-15-17-19-21-26-31-37(35(36)6-3,33-30-34-28-24-23-25-29-34)32-27-22-20-18-16-14-12-10-8-5-2;/h3,23-25,28-29,35H,4-5,7-22,26-27,30-33H2,1-2H3;1H/q+1;/p-1. The predicted molar refractivity (Wildman–Crippen MR) is 175 cm³/mol. The van der Waals surface area contributed by atoms with Crippen LogP contribution in [-0.2, 0) is 6.42 Å². The van der Waals surface area contributed by atoms with Gasteiger partial charge in [0.15, 0.2) is 0 Å². The van der Waals surface area contributed by atoms with Crippen molar-refractivity contribution in [3.63, 3.8) is 0 Å². The molecule has 0 spiro atoms. The summed E-state index contributed by atoms with van der Waals surface area (Å²) < 4.78 is 1.39. The molecule has 0 amide bonds. The van der Waals surface area contributed by atoms with E-state index in [0.29, 0.717) is 0 Å². The molecule has 3 heteroatoms. The Bertz CT molecular complexity index is 632. The summed E-state index contributed by atoms with van der Waals surface area (Å²) in [5, 5.41) is 0. The van der Waals surface area contributed by atoms with E-state index in [4.69, 9.17) is 6.42 Å². The first-order valence-corrected chi connectivity index (χ1v) is 17.4. The largest absolute Gasteiger partial charge is 1.00 e. The number of benzene rings is 1. The fourth-order valence-corrected chi connectivity index (χ4v) is 6.49. The van der Waals surface area contributed by atoms with Gasteiger partial charge in [-0.05, 0) is 37.2 Å². The molecular formula is C35H61ClIN. The number of nitrogens with zero attached hydrogens (tertiary/aromatic N) is 1. The summed E-state index contributed by atoms with van der Waals surface area (Å²) in [6.45, 7) is 8.28. The number of quaternary nitrogens is 1. The SMILES string of the molecule is C#CC(I)[N+](CCCCCCCCCCCC)(CCCCCCCCCCCC)CCc1ccccc1.[Cl-]. The van der Waals surface area contributed by atoms with Crippen molar-refractivity contribution in [3.05, 3.63) is 35.9 Å². The Labute approximate surface area is 258 Å². The number of rotatable bonds is 26. The molecule has 220 valence electrons. The number of hydrogen-bond donors (Lipinski definition) is 0.